The van der Waals surface area contributed by atoms with Crippen molar-refractivity contribution >= 4 is 28.9 Å². The van der Waals surface area contributed by atoms with Gasteiger partial charge in [0, 0.05) is 21.7 Å². The molecule has 0 radical (unpaired) electrons. The van der Waals surface area contributed by atoms with E-state index in [4.69, 9.17) is 11.6 Å². The van der Waals surface area contributed by atoms with Gasteiger partial charge in [0.15, 0.2) is 0 Å². The molecule has 1 N–H and O–H groups in total. The lowest BCUT2D eigenvalue weighted by molar-refractivity contribution is 0.687. The first kappa shape index (κ1) is 17.4. The van der Waals surface area contributed by atoms with Gasteiger partial charge in [-0.25, -0.2) is 0 Å². The maximum Gasteiger partial charge on any atom is 0.251 e. The largest absolute Gasteiger partial charge is 0.322 e. The van der Waals surface area contributed by atoms with Crippen LogP contribution in [0.5, 0.6) is 0 Å². The Labute approximate surface area is 152 Å². The van der Waals surface area contributed by atoms with Crippen LogP contribution in [-0.4, -0.2) is 11.2 Å². The first-order valence-corrected chi connectivity index (χ1v) is 9.95. The summed E-state index contributed by atoms with van der Waals surface area (Å²) in [6, 6.07) is 10.0. The molecule has 0 aliphatic heterocycles. The molecule has 24 heavy (non-hydrogen) atoms. The molecule has 0 saturated heterocycles. The van der Waals surface area contributed by atoms with E-state index in [1.807, 2.05) is 31.4 Å². The summed E-state index contributed by atoms with van der Waals surface area (Å²) in [7, 11) is 0. The molecule has 0 amide bonds. The maximum absolute atomic E-state index is 12.1. The number of allylic oxidation sites excluding steroid dienone is 1. The standard InChI is InChI=1S/C20H22ClNOS/c1-13-7-9-18(22-20(13)23)16(11-14-5-3-4-6-14)15-8-10-19(24-2)17(21)12-15/h7-12,14H,3-6H2,1-2H3,(H,22,23)/b16-11-. The molecule has 126 valence electrons. The Hall–Kier alpha value is -1.45. The van der Waals surface area contributed by atoms with Gasteiger partial charge in [-0.1, -0.05) is 42.7 Å². The minimum Gasteiger partial charge on any atom is -0.322 e. The highest BCUT2D eigenvalue weighted by Crippen LogP contribution is 2.34. The maximum atomic E-state index is 12.1. The van der Waals surface area contributed by atoms with Crippen LogP contribution in [0.4, 0.5) is 0 Å². The number of halogens is 1. The van der Waals surface area contributed by atoms with Crippen molar-refractivity contribution in [2.24, 2.45) is 5.92 Å². The molecule has 1 aliphatic rings. The van der Waals surface area contributed by atoms with E-state index in [9.17, 15) is 4.79 Å². The van der Waals surface area contributed by atoms with Crippen LogP contribution in [-0.2, 0) is 0 Å². The van der Waals surface area contributed by atoms with E-state index in [0.717, 1.165) is 32.3 Å². The van der Waals surface area contributed by atoms with E-state index < -0.39 is 0 Å². The van der Waals surface area contributed by atoms with E-state index in [1.165, 1.54) is 25.7 Å². The molecule has 1 heterocycles. The van der Waals surface area contributed by atoms with Crippen LogP contribution >= 0.6 is 23.4 Å². The molecule has 2 aromatic rings. The number of aromatic amines is 1. The van der Waals surface area contributed by atoms with Gasteiger partial charge in [0.1, 0.15) is 0 Å². The summed E-state index contributed by atoms with van der Waals surface area (Å²) in [5, 5.41) is 0.756. The Morgan fingerprint density at radius 1 is 1.25 bits per heavy atom. The third kappa shape index (κ3) is 3.79. The second-order valence-corrected chi connectivity index (χ2v) is 7.61. The lowest BCUT2D eigenvalue weighted by Gasteiger charge is -2.13. The van der Waals surface area contributed by atoms with Crippen LogP contribution in [0.15, 0.2) is 46.1 Å². The molecule has 2 nitrogen and oxygen atoms in total. The SMILES string of the molecule is CSc1ccc(/C(=C/C2CCCC2)c2ccc(C)c(=O)[nH]2)cc1Cl. The highest BCUT2D eigenvalue weighted by molar-refractivity contribution is 7.98. The Kier molecular flexibility index (Phi) is 5.52. The van der Waals surface area contributed by atoms with E-state index in [-0.39, 0.29) is 5.56 Å². The molecular formula is C20H22ClNOS. The van der Waals surface area contributed by atoms with E-state index >= 15 is 0 Å². The Balaban J connectivity index is 2.09. The number of nitrogens with one attached hydrogen (secondary N) is 1. The number of hydrogen-bond donors (Lipinski definition) is 1. The summed E-state index contributed by atoms with van der Waals surface area (Å²) < 4.78 is 0. The first-order chi connectivity index (χ1) is 11.6. The summed E-state index contributed by atoms with van der Waals surface area (Å²) in [4.78, 5) is 16.2. The zero-order valence-electron chi connectivity index (χ0n) is 14.1. The van der Waals surface area contributed by atoms with Crippen LogP contribution < -0.4 is 5.56 Å². The number of aryl methyl sites for hydroxylation is 1. The smallest absolute Gasteiger partial charge is 0.251 e. The van der Waals surface area contributed by atoms with Crippen molar-refractivity contribution < 1.29 is 0 Å². The molecule has 1 saturated carbocycles. The van der Waals surface area contributed by atoms with Crippen LogP contribution in [0.25, 0.3) is 5.57 Å². The molecule has 1 aliphatic carbocycles. The number of aromatic nitrogens is 1. The Bertz CT molecular complexity index is 819. The highest BCUT2D eigenvalue weighted by atomic mass is 35.5. The average molecular weight is 360 g/mol. The Morgan fingerprint density at radius 2 is 2.00 bits per heavy atom. The van der Waals surface area contributed by atoms with Crippen LogP contribution in [0, 0.1) is 12.8 Å². The predicted molar refractivity (Wildman–Crippen MR) is 104 cm³/mol. The van der Waals surface area contributed by atoms with Gasteiger partial charge in [0.05, 0.1) is 5.02 Å². The zero-order valence-corrected chi connectivity index (χ0v) is 15.6. The van der Waals surface area contributed by atoms with Crippen molar-refractivity contribution in [2.45, 2.75) is 37.5 Å². The highest BCUT2D eigenvalue weighted by Gasteiger charge is 2.16. The quantitative estimate of drug-likeness (QED) is 0.712. The number of thioether (sulfide) groups is 1. The first-order valence-electron chi connectivity index (χ1n) is 8.34. The number of pyridine rings is 1. The molecule has 0 atom stereocenters. The van der Waals surface area contributed by atoms with Crippen molar-refractivity contribution in [3.8, 4) is 0 Å². The van der Waals surface area contributed by atoms with Crippen LogP contribution in [0.2, 0.25) is 5.02 Å². The Morgan fingerprint density at radius 3 is 2.62 bits per heavy atom. The summed E-state index contributed by atoms with van der Waals surface area (Å²) in [5.41, 5.74) is 3.70. The number of hydrogen-bond acceptors (Lipinski definition) is 2. The molecule has 1 aromatic heterocycles. The second kappa shape index (κ2) is 7.62. The predicted octanol–water partition coefficient (Wildman–Crippen LogP) is 5.68. The van der Waals surface area contributed by atoms with E-state index in [0.29, 0.717) is 5.92 Å². The number of benzene rings is 1. The van der Waals surface area contributed by atoms with Crippen molar-refractivity contribution in [3.05, 3.63) is 68.6 Å². The van der Waals surface area contributed by atoms with Gasteiger partial charge in [-0.2, -0.15) is 0 Å². The van der Waals surface area contributed by atoms with Gasteiger partial charge in [0.2, 0.25) is 0 Å². The van der Waals surface area contributed by atoms with Crippen molar-refractivity contribution in [1.29, 1.82) is 0 Å². The van der Waals surface area contributed by atoms with Gasteiger partial charge >= 0.3 is 0 Å². The minimum absolute atomic E-state index is 0.0309. The van der Waals surface area contributed by atoms with Gasteiger partial charge in [0.25, 0.3) is 5.56 Å². The molecule has 0 spiro atoms. The fourth-order valence-corrected chi connectivity index (χ4v) is 4.11. The molecule has 3 rings (SSSR count). The molecule has 0 unspecified atom stereocenters. The van der Waals surface area contributed by atoms with Gasteiger partial charge in [-0.15, -0.1) is 11.8 Å². The van der Waals surface area contributed by atoms with E-state index in [1.54, 1.807) is 11.8 Å². The van der Waals surface area contributed by atoms with Crippen molar-refractivity contribution in [3.63, 3.8) is 0 Å². The van der Waals surface area contributed by atoms with Gasteiger partial charge in [-0.3, -0.25) is 4.79 Å². The summed E-state index contributed by atoms with van der Waals surface area (Å²) in [6.07, 6.45) is 9.34. The van der Waals surface area contributed by atoms with Crippen LogP contribution in [0.1, 0.15) is 42.5 Å². The fraction of sp³-hybridized carbons (Fsp3) is 0.350. The summed E-state index contributed by atoms with van der Waals surface area (Å²) in [5.74, 6) is 0.573. The molecular weight excluding hydrogens is 338 g/mol. The summed E-state index contributed by atoms with van der Waals surface area (Å²) >= 11 is 8.05. The third-order valence-electron chi connectivity index (χ3n) is 4.66. The van der Waals surface area contributed by atoms with Crippen molar-refractivity contribution in [1.82, 2.24) is 4.98 Å². The normalized spacial score (nSPS) is 15.9. The fourth-order valence-electron chi connectivity index (χ4n) is 3.24. The summed E-state index contributed by atoms with van der Waals surface area (Å²) in [6.45, 7) is 1.83. The molecule has 1 fully saturated rings. The molecule has 4 heteroatoms. The van der Waals surface area contributed by atoms with Gasteiger partial charge in [-0.05, 0) is 55.7 Å². The molecule has 1 aromatic carbocycles. The minimum atomic E-state index is -0.0309. The number of H-pyrrole nitrogens is 1. The topological polar surface area (TPSA) is 32.9 Å². The molecule has 0 bridgehead atoms. The number of rotatable bonds is 4. The lowest BCUT2D eigenvalue weighted by Crippen LogP contribution is -2.11. The average Bonchev–Trinajstić information content (AvgIpc) is 3.08. The third-order valence-corrected chi connectivity index (χ3v) is 5.88. The second-order valence-electron chi connectivity index (χ2n) is 6.36. The van der Waals surface area contributed by atoms with Gasteiger partial charge < -0.3 is 4.98 Å². The monoisotopic (exact) mass is 359 g/mol. The van der Waals surface area contributed by atoms with E-state index in [2.05, 4.69) is 23.2 Å². The zero-order chi connectivity index (χ0) is 17.1. The van der Waals surface area contributed by atoms with Crippen molar-refractivity contribution in [2.75, 3.05) is 6.26 Å². The lowest BCUT2D eigenvalue weighted by atomic mass is 9.96. The van der Waals surface area contributed by atoms with Crippen LogP contribution in [0.3, 0.4) is 0 Å².